The third-order valence-electron chi connectivity index (χ3n) is 2.34. The van der Waals surface area contributed by atoms with Gasteiger partial charge in [0.1, 0.15) is 0 Å². The number of rotatable bonds is 0. The van der Waals surface area contributed by atoms with E-state index in [0.29, 0.717) is 4.48 Å². The first-order valence-corrected chi connectivity index (χ1v) is 4.27. The van der Waals surface area contributed by atoms with Crippen LogP contribution in [0.5, 0.6) is 0 Å². The number of aliphatic imine (C=N–C) groups is 1. The van der Waals surface area contributed by atoms with Crippen molar-refractivity contribution in [2.24, 2.45) is 4.99 Å². The van der Waals surface area contributed by atoms with Gasteiger partial charge in [0.15, 0.2) is 6.34 Å². The van der Waals surface area contributed by atoms with Crippen LogP contribution in [0.1, 0.15) is 11.8 Å². The summed E-state index contributed by atoms with van der Waals surface area (Å²) < 4.78 is 0.386. The quantitative estimate of drug-likeness (QED) is 0.597. The zero-order chi connectivity index (χ0) is 9.47. The van der Waals surface area contributed by atoms with E-state index in [1.54, 1.807) is 6.34 Å². The van der Waals surface area contributed by atoms with Crippen molar-refractivity contribution in [3.63, 3.8) is 0 Å². The van der Waals surface area contributed by atoms with Crippen LogP contribution in [0.15, 0.2) is 29.3 Å². The van der Waals surface area contributed by atoms with Crippen molar-refractivity contribution in [1.29, 1.82) is 0 Å². The van der Waals surface area contributed by atoms with E-state index in [1.165, 1.54) is 0 Å². The van der Waals surface area contributed by atoms with Gasteiger partial charge in [0.25, 0.3) is 0 Å². The Morgan fingerprint density at radius 3 is 2.77 bits per heavy atom. The molecule has 1 unspecified atom stereocenters. The number of aliphatic hydroxyl groups excluding tert-OH is 1. The Morgan fingerprint density at radius 1 is 1.31 bits per heavy atom. The van der Waals surface area contributed by atoms with E-state index in [9.17, 15) is 5.11 Å². The minimum absolute atomic E-state index is 0.386. The Morgan fingerprint density at radius 2 is 2.00 bits per heavy atom. The van der Waals surface area contributed by atoms with Crippen molar-refractivity contribution in [3.8, 4) is 0 Å². The molecule has 0 aliphatic carbocycles. The molecule has 3 heteroatoms. The molecule has 0 spiro atoms. The normalized spacial score (nSPS) is 24.1. The molecule has 0 radical (unpaired) electrons. The Balaban J connectivity index is 2.55. The van der Waals surface area contributed by atoms with Crippen molar-refractivity contribution < 1.29 is 9.59 Å². The summed E-state index contributed by atoms with van der Waals surface area (Å²) in [7, 11) is 3.84. The fraction of sp³-hybridized carbons (Fsp3) is 0.300. The van der Waals surface area contributed by atoms with Gasteiger partial charge in [-0.2, -0.15) is 0 Å². The predicted molar refractivity (Wildman–Crippen MR) is 51.7 cm³/mol. The van der Waals surface area contributed by atoms with E-state index in [4.69, 9.17) is 0 Å². The lowest BCUT2D eigenvalue weighted by Gasteiger charge is -2.32. The molecule has 13 heavy (non-hydrogen) atoms. The zero-order valence-electron chi connectivity index (χ0n) is 7.81. The highest BCUT2D eigenvalue weighted by atomic mass is 16.3. The van der Waals surface area contributed by atoms with Gasteiger partial charge in [-0.1, -0.05) is 12.1 Å². The van der Waals surface area contributed by atoms with E-state index in [0.717, 1.165) is 11.3 Å². The standard InChI is InChI=1S/C10H13N2O/c1-12(2)7-11-9-6-4-3-5-8(9)10(12)13/h3-7,10,13H,1-2H3/q+1. The summed E-state index contributed by atoms with van der Waals surface area (Å²) in [6.07, 6.45) is 1.25. The maximum absolute atomic E-state index is 9.97. The molecule has 1 aliphatic rings. The predicted octanol–water partition coefficient (Wildman–Crippen LogP) is 1.43. The third-order valence-corrected chi connectivity index (χ3v) is 2.34. The van der Waals surface area contributed by atoms with Crippen LogP contribution >= 0.6 is 0 Å². The molecule has 1 aromatic carbocycles. The molecular weight excluding hydrogens is 164 g/mol. The number of aliphatic hydroxyl groups is 1. The summed E-state index contributed by atoms with van der Waals surface area (Å²) in [5.74, 6) is 0. The van der Waals surface area contributed by atoms with Gasteiger partial charge in [-0.15, -0.1) is 0 Å². The van der Waals surface area contributed by atoms with Gasteiger partial charge < -0.3 is 5.11 Å². The van der Waals surface area contributed by atoms with Gasteiger partial charge in [0.2, 0.25) is 6.23 Å². The molecule has 0 aromatic heterocycles. The number of fused-ring (bicyclic) bond motifs is 1. The number of benzene rings is 1. The molecule has 1 atom stereocenters. The minimum Gasteiger partial charge on any atom is -0.341 e. The van der Waals surface area contributed by atoms with Crippen LogP contribution in [0.3, 0.4) is 0 Å². The second kappa shape index (κ2) is 2.65. The Bertz CT molecular complexity index is 358. The lowest BCUT2D eigenvalue weighted by molar-refractivity contribution is -0.855. The number of para-hydroxylation sites is 1. The summed E-state index contributed by atoms with van der Waals surface area (Å²) in [5, 5.41) is 9.97. The third kappa shape index (κ3) is 1.26. The Hall–Kier alpha value is -1.19. The van der Waals surface area contributed by atoms with E-state index >= 15 is 0 Å². The molecule has 0 bridgehead atoms. The second-order valence-electron chi connectivity index (χ2n) is 3.81. The summed E-state index contributed by atoms with van der Waals surface area (Å²) in [4.78, 5) is 4.28. The number of hydrogen-bond acceptors (Lipinski definition) is 2. The van der Waals surface area contributed by atoms with Crippen molar-refractivity contribution in [3.05, 3.63) is 29.8 Å². The minimum atomic E-state index is -0.506. The Labute approximate surface area is 77.5 Å². The lowest BCUT2D eigenvalue weighted by atomic mass is 10.1. The highest BCUT2D eigenvalue weighted by molar-refractivity contribution is 5.61. The largest absolute Gasteiger partial charge is 0.341 e. The van der Waals surface area contributed by atoms with Crippen LogP contribution in [-0.4, -0.2) is 30.0 Å². The zero-order valence-corrected chi connectivity index (χ0v) is 7.81. The first kappa shape index (κ1) is 8.41. The van der Waals surface area contributed by atoms with Crippen LogP contribution in [-0.2, 0) is 0 Å². The van der Waals surface area contributed by atoms with E-state index in [-0.39, 0.29) is 0 Å². The molecule has 1 N–H and O–H groups in total. The van der Waals surface area contributed by atoms with E-state index in [2.05, 4.69) is 4.99 Å². The maximum Gasteiger partial charge on any atom is 0.224 e. The SMILES string of the molecule is C[N+]1(C)C=Nc2ccccc2C1O. The fourth-order valence-electron chi connectivity index (χ4n) is 1.46. The number of nitrogens with zero attached hydrogens (tertiary/aromatic N) is 2. The summed E-state index contributed by atoms with van der Waals surface area (Å²) in [6.45, 7) is 0. The fourth-order valence-corrected chi connectivity index (χ4v) is 1.46. The topological polar surface area (TPSA) is 32.6 Å². The van der Waals surface area contributed by atoms with Gasteiger partial charge in [0.05, 0.1) is 25.3 Å². The molecule has 1 heterocycles. The molecule has 0 saturated heterocycles. The molecule has 1 aromatic rings. The molecule has 2 rings (SSSR count). The summed E-state index contributed by atoms with van der Waals surface area (Å²) in [6, 6.07) is 7.67. The van der Waals surface area contributed by atoms with Crippen LogP contribution in [0.4, 0.5) is 5.69 Å². The van der Waals surface area contributed by atoms with Gasteiger partial charge in [-0.3, -0.25) is 4.48 Å². The molecule has 0 amide bonds. The van der Waals surface area contributed by atoms with Gasteiger partial charge in [-0.25, -0.2) is 4.99 Å². The monoisotopic (exact) mass is 177 g/mol. The first-order valence-electron chi connectivity index (χ1n) is 4.27. The summed E-state index contributed by atoms with van der Waals surface area (Å²) in [5.41, 5.74) is 1.77. The second-order valence-corrected chi connectivity index (χ2v) is 3.81. The van der Waals surface area contributed by atoms with Gasteiger partial charge in [-0.05, 0) is 12.1 Å². The molecule has 1 aliphatic heterocycles. The molecule has 0 fully saturated rings. The maximum atomic E-state index is 9.97. The number of hydrogen-bond donors (Lipinski definition) is 1. The van der Waals surface area contributed by atoms with Crippen molar-refractivity contribution >= 4 is 12.0 Å². The van der Waals surface area contributed by atoms with Crippen molar-refractivity contribution in [2.45, 2.75) is 6.23 Å². The van der Waals surface area contributed by atoms with Crippen LogP contribution in [0, 0.1) is 0 Å². The molecular formula is C10H13N2O+. The van der Waals surface area contributed by atoms with Gasteiger partial charge in [0, 0.05) is 0 Å². The molecule has 0 saturated carbocycles. The average molecular weight is 177 g/mol. The first-order chi connectivity index (χ1) is 6.11. The summed E-state index contributed by atoms with van der Waals surface area (Å²) >= 11 is 0. The van der Waals surface area contributed by atoms with Crippen LogP contribution in [0.2, 0.25) is 0 Å². The highest BCUT2D eigenvalue weighted by Crippen LogP contribution is 2.33. The molecule has 68 valence electrons. The van der Waals surface area contributed by atoms with E-state index < -0.39 is 6.23 Å². The highest BCUT2D eigenvalue weighted by Gasteiger charge is 2.31. The lowest BCUT2D eigenvalue weighted by Crippen LogP contribution is -2.43. The van der Waals surface area contributed by atoms with E-state index in [1.807, 2.05) is 38.4 Å². The Kier molecular flexibility index (Phi) is 1.71. The van der Waals surface area contributed by atoms with Crippen LogP contribution < -0.4 is 0 Å². The van der Waals surface area contributed by atoms with Crippen molar-refractivity contribution in [1.82, 2.24) is 0 Å². The average Bonchev–Trinajstić information content (AvgIpc) is 2.13. The van der Waals surface area contributed by atoms with Crippen LogP contribution in [0.25, 0.3) is 0 Å². The van der Waals surface area contributed by atoms with Crippen molar-refractivity contribution in [2.75, 3.05) is 14.1 Å². The van der Waals surface area contributed by atoms with Gasteiger partial charge >= 0.3 is 0 Å². The number of quaternary nitrogens is 1. The smallest absolute Gasteiger partial charge is 0.224 e. The molecule has 3 nitrogen and oxygen atoms in total.